The molecule has 2 aliphatic heterocycles. The fraction of sp³-hybridized carbons (Fsp3) is 0.324. The maximum atomic E-state index is 13.8. The predicted molar refractivity (Wildman–Crippen MR) is 171 cm³/mol. The number of rotatable bonds is 10. The van der Waals surface area contributed by atoms with Gasteiger partial charge in [0.25, 0.3) is 5.78 Å². The van der Waals surface area contributed by atoms with Crippen LogP contribution in [0.4, 0.5) is 5.13 Å². The van der Waals surface area contributed by atoms with Crippen molar-refractivity contribution in [1.29, 1.82) is 0 Å². The van der Waals surface area contributed by atoms with E-state index in [1.807, 2.05) is 13.0 Å². The number of carbonyl (C=O) groups is 2. The van der Waals surface area contributed by atoms with Crippen molar-refractivity contribution < 1.29 is 38.4 Å². The molecule has 0 bridgehead atoms. The number of ketones is 1. The van der Waals surface area contributed by atoms with Gasteiger partial charge < -0.3 is 28.8 Å². The average Bonchev–Trinajstić information content (AvgIpc) is 3.58. The van der Waals surface area contributed by atoms with Gasteiger partial charge in [-0.3, -0.25) is 14.5 Å². The lowest BCUT2D eigenvalue weighted by atomic mass is 9.95. The number of anilines is 1. The Hall–Kier alpha value is -4.77. The number of hydrogen-bond acceptors (Lipinski definition) is 10. The number of aliphatic hydroxyl groups excluding tert-OH is 1. The van der Waals surface area contributed by atoms with E-state index in [2.05, 4.69) is 13.8 Å². The molecule has 1 amide bonds. The van der Waals surface area contributed by atoms with E-state index in [4.69, 9.17) is 28.7 Å². The molecule has 10 nitrogen and oxygen atoms in total. The highest BCUT2D eigenvalue weighted by Crippen LogP contribution is 2.47. The molecule has 1 atom stereocenters. The lowest BCUT2D eigenvalue weighted by Gasteiger charge is -2.24. The van der Waals surface area contributed by atoms with Gasteiger partial charge >= 0.3 is 5.91 Å². The van der Waals surface area contributed by atoms with Gasteiger partial charge in [-0.05, 0) is 73.4 Å². The van der Waals surface area contributed by atoms with Gasteiger partial charge in [0.15, 0.2) is 28.1 Å². The molecule has 1 aromatic heterocycles. The summed E-state index contributed by atoms with van der Waals surface area (Å²) in [5.74, 6) is 1.13. The Bertz CT molecular complexity index is 1800. The van der Waals surface area contributed by atoms with Gasteiger partial charge in [-0.1, -0.05) is 31.3 Å². The number of nitrogens with zero attached hydrogens (tertiary/aromatic N) is 2. The first kappa shape index (κ1) is 30.3. The van der Waals surface area contributed by atoms with Crippen molar-refractivity contribution in [3.8, 4) is 28.7 Å². The second-order valence-electron chi connectivity index (χ2n) is 11.0. The van der Waals surface area contributed by atoms with Crippen molar-refractivity contribution in [3.63, 3.8) is 0 Å². The molecule has 6 rings (SSSR count). The zero-order chi connectivity index (χ0) is 31.7. The van der Waals surface area contributed by atoms with Crippen LogP contribution in [0.25, 0.3) is 16.0 Å². The SMILES string of the molecule is CCOc1cc(C2/C(=C(\O)c3ccc4c(c3)OCCO4)C(=O)C(=O)N2c2nc3ccc(OC)cc3s2)ccc1OCCC(C)C. The van der Waals surface area contributed by atoms with Gasteiger partial charge in [0.2, 0.25) is 0 Å². The van der Waals surface area contributed by atoms with Crippen LogP contribution in [0.3, 0.4) is 0 Å². The molecule has 11 heteroatoms. The van der Waals surface area contributed by atoms with E-state index in [9.17, 15) is 14.7 Å². The summed E-state index contributed by atoms with van der Waals surface area (Å²) in [6, 6.07) is 14.6. The summed E-state index contributed by atoms with van der Waals surface area (Å²) in [4.78, 5) is 33.7. The normalized spacial score (nSPS) is 17.3. The van der Waals surface area contributed by atoms with E-state index >= 15 is 0 Å². The topological polar surface area (TPSA) is 117 Å². The number of ether oxygens (including phenoxy) is 5. The van der Waals surface area contributed by atoms with Gasteiger partial charge in [-0.2, -0.15) is 0 Å². The van der Waals surface area contributed by atoms with Crippen LogP contribution in [0.1, 0.15) is 44.4 Å². The molecule has 1 fully saturated rings. The van der Waals surface area contributed by atoms with Crippen LogP contribution in [-0.4, -0.2) is 55.3 Å². The van der Waals surface area contributed by atoms with E-state index in [0.29, 0.717) is 82.9 Å². The number of aromatic nitrogens is 1. The highest BCUT2D eigenvalue weighted by molar-refractivity contribution is 7.22. The van der Waals surface area contributed by atoms with E-state index < -0.39 is 17.7 Å². The van der Waals surface area contributed by atoms with Crippen molar-refractivity contribution in [1.82, 2.24) is 4.98 Å². The van der Waals surface area contributed by atoms with Crippen molar-refractivity contribution >= 4 is 44.1 Å². The highest BCUT2D eigenvalue weighted by Gasteiger charge is 2.48. The first-order valence-corrected chi connectivity index (χ1v) is 15.7. The summed E-state index contributed by atoms with van der Waals surface area (Å²) in [6.45, 7) is 7.77. The van der Waals surface area contributed by atoms with Crippen molar-refractivity contribution in [3.05, 3.63) is 71.3 Å². The van der Waals surface area contributed by atoms with Gasteiger partial charge in [-0.25, -0.2) is 4.98 Å². The number of fused-ring (bicyclic) bond motifs is 2. The second kappa shape index (κ2) is 12.7. The first-order chi connectivity index (χ1) is 21.8. The van der Waals surface area contributed by atoms with Gasteiger partial charge in [-0.15, -0.1) is 0 Å². The molecule has 0 spiro atoms. The summed E-state index contributed by atoms with van der Waals surface area (Å²) in [5, 5.41) is 12.0. The molecule has 234 valence electrons. The quantitative estimate of drug-likeness (QED) is 0.119. The molecule has 0 saturated carbocycles. The zero-order valence-corrected chi connectivity index (χ0v) is 26.3. The van der Waals surface area contributed by atoms with Gasteiger partial charge in [0, 0.05) is 5.56 Å². The smallest absolute Gasteiger partial charge is 0.301 e. The molecular formula is C34H34N2O8S. The summed E-state index contributed by atoms with van der Waals surface area (Å²) in [5.41, 5.74) is 1.43. The van der Waals surface area contributed by atoms with E-state index in [1.165, 1.54) is 16.2 Å². The van der Waals surface area contributed by atoms with Crippen LogP contribution >= 0.6 is 11.3 Å². The highest BCUT2D eigenvalue weighted by atomic mass is 32.1. The number of thiazole rings is 1. The molecule has 0 aliphatic carbocycles. The largest absolute Gasteiger partial charge is 0.507 e. The van der Waals surface area contributed by atoms with Crippen molar-refractivity contribution in [2.75, 3.05) is 38.4 Å². The van der Waals surface area contributed by atoms with Crippen LogP contribution in [0.2, 0.25) is 0 Å². The monoisotopic (exact) mass is 630 g/mol. The summed E-state index contributed by atoms with van der Waals surface area (Å²) < 4.78 is 29.5. The van der Waals surface area contributed by atoms with Crippen molar-refractivity contribution in [2.45, 2.75) is 33.2 Å². The lowest BCUT2D eigenvalue weighted by molar-refractivity contribution is -0.132. The van der Waals surface area contributed by atoms with E-state index in [1.54, 1.807) is 55.6 Å². The maximum absolute atomic E-state index is 13.8. The molecule has 45 heavy (non-hydrogen) atoms. The molecule has 3 heterocycles. The number of Topliss-reactive ketones (excluding diaryl/α,β-unsaturated/α-hetero) is 1. The molecule has 4 aromatic rings. The molecule has 1 saturated heterocycles. The number of carbonyl (C=O) groups excluding carboxylic acids is 2. The van der Waals surface area contributed by atoms with Gasteiger partial charge in [0.05, 0.1) is 42.2 Å². The minimum atomic E-state index is -1.01. The minimum absolute atomic E-state index is 0.0792. The summed E-state index contributed by atoms with van der Waals surface area (Å²) in [7, 11) is 1.58. The standard InChI is InChI=1S/C34H34N2O8S/c1-5-41-26-16-20(6-10-24(26)42-13-12-19(2)3)30-29(31(37)21-7-11-25-27(17-21)44-15-14-43-25)32(38)33(39)36(30)34-35-23-9-8-22(40-4)18-28(23)45-34/h6-11,16-19,30,37H,5,12-15H2,1-4H3/b31-29+. The van der Waals surface area contributed by atoms with Crippen LogP contribution in [0, 0.1) is 5.92 Å². The van der Waals surface area contributed by atoms with Crippen LogP contribution in [-0.2, 0) is 9.59 Å². The third-order valence-electron chi connectivity index (χ3n) is 7.59. The van der Waals surface area contributed by atoms with Crippen LogP contribution in [0.5, 0.6) is 28.7 Å². The fourth-order valence-electron chi connectivity index (χ4n) is 5.30. The third-order valence-corrected chi connectivity index (χ3v) is 8.60. The Balaban J connectivity index is 1.50. The molecule has 2 aliphatic rings. The third kappa shape index (κ3) is 5.87. The average molecular weight is 631 g/mol. The molecule has 3 aromatic carbocycles. The predicted octanol–water partition coefficient (Wildman–Crippen LogP) is 6.53. The van der Waals surface area contributed by atoms with E-state index in [0.717, 1.165) is 11.1 Å². The number of amides is 1. The summed E-state index contributed by atoms with van der Waals surface area (Å²) >= 11 is 1.25. The van der Waals surface area contributed by atoms with Crippen LogP contribution in [0.15, 0.2) is 60.2 Å². The van der Waals surface area contributed by atoms with Gasteiger partial charge in [0.1, 0.15) is 24.7 Å². The van der Waals surface area contributed by atoms with E-state index in [-0.39, 0.29) is 11.3 Å². The first-order valence-electron chi connectivity index (χ1n) is 14.8. The molecule has 0 radical (unpaired) electrons. The Morgan fingerprint density at radius 1 is 1.02 bits per heavy atom. The second-order valence-corrected chi connectivity index (χ2v) is 12.0. The fourth-order valence-corrected chi connectivity index (χ4v) is 6.32. The number of hydrogen-bond donors (Lipinski definition) is 1. The Labute approximate surface area is 264 Å². The maximum Gasteiger partial charge on any atom is 0.301 e. The summed E-state index contributed by atoms with van der Waals surface area (Å²) in [6.07, 6.45) is 0.866. The number of methoxy groups -OCH3 is 1. The van der Waals surface area contributed by atoms with Crippen molar-refractivity contribution in [2.24, 2.45) is 5.92 Å². The zero-order valence-electron chi connectivity index (χ0n) is 25.5. The lowest BCUT2D eigenvalue weighted by Crippen LogP contribution is -2.29. The molecule has 1 N–H and O–H groups in total. The number of benzene rings is 3. The molecule has 1 unspecified atom stereocenters. The Morgan fingerprint density at radius 2 is 1.82 bits per heavy atom. The minimum Gasteiger partial charge on any atom is -0.507 e. The number of aliphatic hydroxyl groups is 1. The van der Waals surface area contributed by atoms with Crippen LogP contribution < -0.4 is 28.6 Å². The molecular weight excluding hydrogens is 596 g/mol. The Kier molecular flexibility index (Phi) is 8.53. The Morgan fingerprint density at radius 3 is 2.58 bits per heavy atom.